The van der Waals surface area contributed by atoms with Gasteiger partial charge in [-0.25, -0.2) is 4.39 Å². The van der Waals surface area contributed by atoms with Crippen molar-refractivity contribution in [1.82, 2.24) is 4.90 Å². The molecule has 0 radical (unpaired) electrons. The first-order valence-electron chi connectivity index (χ1n) is 10.6. The molecule has 2 heterocycles. The molecular formula is C26H24FNO4S. The monoisotopic (exact) mass is 465 g/mol. The number of thiophene rings is 1. The van der Waals surface area contributed by atoms with Gasteiger partial charge in [-0.05, 0) is 47.2 Å². The van der Waals surface area contributed by atoms with Crippen molar-refractivity contribution in [3.8, 4) is 5.75 Å². The standard InChI is InChI=1S/C26H24FNO4S/c1-16(2)15-32-20-6-3-5-18(13-20)24(29)22-23(21-7-4-12-33-21)28(26(31)25(22)30)14-17-8-10-19(27)11-9-17/h3-13,16,23,29H,14-15H2,1-2H3/b24-22-. The number of likely N-dealkylation sites (tertiary alicyclic amines) is 1. The van der Waals surface area contributed by atoms with Crippen LogP contribution in [0.4, 0.5) is 4.39 Å². The third-order valence-electron chi connectivity index (χ3n) is 5.31. The number of rotatable bonds is 7. The molecule has 0 aliphatic carbocycles. The second-order valence-corrected chi connectivity index (χ2v) is 9.28. The molecule has 1 aliphatic heterocycles. The molecule has 1 aliphatic rings. The molecule has 170 valence electrons. The smallest absolute Gasteiger partial charge is 0.295 e. The van der Waals surface area contributed by atoms with E-state index in [4.69, 9.17) is 4.74 Å². The third kappa shape index (κ3) is 4.83. The highest BCUT2D eigenvalue weighted by Crippen LogP contribution is 2.42. The molecule has 3 aromatic rings. The molecule has 0 saturated carbocycles. The first-order valence-corrected chi connectivity index (χ1v) is 11.5. The van der Waals surface area contributed by atoms with Crippen LogP contribution in [0, 0.1) is 11.7 Å². The molecule has 1 amide bonds. The minimum atomic E-state index is -0.749. The van der Waals surface area contributed by atoms with E-state index in [1.807, 2.05) is 31.4 Å². The lowest BCUT2D eigenvalue weighted by Gasteiger charge is -2.24. The molecule has 1 N–H and O–H groups in total. The van der Waals surface area contributed by atoms with Gasteiger partial charge in [-0.2, -0.15) is 0 Å². The second-order valence-electron chi connectivity index (χ2n) is 8.30. The number of nitrogens with zero attached hydrogens (tertiary/aromatic N) is 1. The van der Waals surface area contributed by atoms with Gasteiger partial charge in [0.25, 0.3) is 11.7 Å². The van der Waals surface area contributed by atoms with Crippen LogP contribution in [0.1, 0.15) is 35.9 Å². The lowest BCUT2D eigenvalue weighted by molar-refractivity contribution is -0.140. The topological polar surface area (TPSA) is 66.8 Å². The molecule has 33 heavy (non-hydrogen) atoms. The number of carbonyl (C=O) groups excluding carboxylic acids is 2. The molecule has 1 unspecified atom stereocenters. The Morgan fingerprint density at radius 2 is 1.88 bits per heavy atom. The van der Waals surface area contributed by atoms with Gasteiger partial charge in [0.1, 0.15) is 17.3 Å². The number of ether oxygens (including phenoxy) is 1. The van der Waals surface area contributed by atoms with Crippen molar-refractivity contribution in [3.05, 3.63) is 93.4 Å². The summed E-state index contributed by atoms with van der Waals surface area (Å²) in [5.74, 6) is -1.18. The summed E-state index contributed by atoms with van der Waals surface area (Å²) >= 11 is 1.40. The number of Topliss-reactive ketones (excluding diaryl/α,β-unsaturated/α-hetero) is 1. The molecule has 1 atom stereocenters. The Morgan fingerprint density at radius 3 is 2.55 bits per heavy atom. The summed E-state index contributed by atoms with van der Waals surface area (Å²) in [5, 5.41) is 13.0. The Balaban J connectivity index is 1.75. The lowest BCUT2D eigenvalue weighted by atomic mass is 9.99. The maximum Gasteiger partial charge on any atom is 0.295 e. The zero-order chi connectivity index (χ0) is 23.5. The number of halogens is 1. The van der Waals surface area contributed by atoms with Crippen LogP contribution in [0.3, 0.4) is 0 Å². The Hall–Kier alpha value is -3.45. The van der Waals surface area contributed by atoms with E-state index in [2.05, 4.69) is 0 Å². The lowest BCUT2D eigenvalue weighted by Crippen LogP contribution is -2.28. The minimum absolute atomic E-state index is 0.0329. The first kappa shape index (κ1) is 22.7. The van der Waals surface area contributed by atoms with Crippen molar-refractivity contribution >= 4 is 28.8 Å². The minimum Gasteiger partial charge on any atom is -0.507 e. The molecule has 2 aromatic carbocycles. The predicted octanol–water partition coefficient (Wildman–Crippen LogP) is 5.54. The van der Waals surface area contributed by atoms with Crippen LogP contribution in [-0.2, 0) is 16.1 Å². The summed E-state index contributed by atoms with van der Waals surface area (Å²) in [4.78, 5) is 28.3. The average Bonchev–Trinajstić information content (AvgIpc) is 3.42. The summed E-state index contributed by atoms with van der Waals surface area (Å²) in [7, 11) is 0. The van der Waals surface area contributed by atoms with Crippen LogP contribution in [0.5, 0.6) is 5.75 Å². The number of aliphatic hydroxyl groups is 1. The Morgan fingerprint density at radius 1 is 1.12 bits per heavy atom. The fourth-order valence-corrected chi connectivity index (χ4v) is 4.57. The van der Waals surface area contributed by atoms with Crippen molar-refractivity contribution < 1.29 is 23.8 Å². The number of hydrogen-bond donors (Lipinski definition) is 1. The van der Waals surface area contributed by atoms with Gasteiger partial charge in [-0.15, -0.1) is 11.3 Å². The zero-order valence-corrected chi connectivity index (χ0v) is 19.1. The van der Waals surface area contributed by atoms with Crippen LogP contribution >= 0.6 is 11.3 Å². The SMILES string of the molecule is CC(C)COc1cccc(/C(O)=C2/C(=O)C(=O)N(Cc3ccc(F)cc3)C2c2cccs2)c1. The van der Waals surface area contributed by atoms with Gasteiger partial charge >= 0.3 is 0 Å². The van der Waals surface area contributed by atoms with Crippen molar-refractivity contribution in [1.29, 1.82) is 0 Å². The Labute approximate surface area is 195 Å². The Bertz CT molecular complexity index is 1190. The van der Waals surface area contributed by atoms with Crippen molar-refractivity contribution in [2.45, 2.75) is 26.4 Å². The number of benzene rings is 2. The van der Waals surface area contributed by atoms with E-state index in [0.29, 0.717) is 29.4 Å². The van der Waals surface area contributed by atoms with Gasteiger partial charge < -0.3 is 14.7 Å². The van der Waals surface area contributed by atoms with E-state index in [1.54, 1.807) is 36.4 Å². The molecule has 7 heteroatoms. The van der Waals surface area contributed by atoms with E-state index < -0.39 is 17.7 Å². The summed E-state index contributed by atoms with van der Waals surface area (Å²) in [6.07, 6.45) is 0. The fourth-order valence-electron chi connectivity index (χ4n) is 3.72. The molecule has 0 spiro atoms. The normalized spacial score (nSPS) is 17.7. The number of aliphatic hydroxyl groups excluding tert-OH is 1. The molecule has 5 nitrogen and oxygen atoms in total. The van der Waals surface area contributed by atoms with E-state index >= 15 is 0 Å². The largest absolute Gasteiger partial charge is 0.507 e. The van der Waals surface area contributed by atoms with Crippen molar-refractivity contribution in [2.24, 2.45) is 5.92 Å². The number of amides is 1. The average molecular weight is 466 g/mol. The summed E-state index contributed by atoms with van der Waals surface area (Å²) in [5.41, 5.74) is 1.12. The number of ketones is 1. The number of carbonyl (C=O) groups is 2. The van der Waals surface area contributed by atoms with Crippen molar-refractivity contribution in [3.63, 3.8) is 0 Å². The highest BCUT2D eigenvalue weighted by Gasteiger charge is 2.46. The maximum atomic E-state index is 13.3. The quantitative estimate of drug-likeness (QED) is 0.282. The molecular weight excluding hydrogens is 441 g/mol. The van der Waals surface area contributed by atoms with Gasteiger partial charge in [0, 0.05) is 17.0 Å². The third-order valence-corrected chi connectivity index (χ3v) is 6.23. The van der Waals surface area contributed by atoms with Crippen LogP contribution in [-0.4, -0.2) is 28.3 Å². The summed E-state index contributed by atoms with van der Waals surface area (Å²) in [6.45, 7) is 4.70. The van der Waals surface area contributed by atoms with Crippen LogP contribution in [0.15, 0.2) is 71.6 Å². The molecule has 4 rings (SSSR count). The van der Waals surface area contributed by atoms with Crippen LogP contribution in [0.2, 0.25) is 0 Å². The fraction of sp³-hybridized carbons (Fsp3) is 0.231. The zero-order valence-electron chi connectivity index (χ0n) is 18.3. The molecule has 1 aromatic heterocycles. The van der Waals surface area contributed by atoms with Gasteiger partial charge in [-0.3, -0.25) is 9.59 Å². The van der Waals surface area contributed by atoms with E-state index in [0.717, 1.165) is 4.88 Å². The summed E-state index contributed by atoms with van der Waals surface area (Å²) < 4.78 is 19.1. The molecule has 1 fully saturated rings. The van der Waals surface area contributed by atoms with E-state index in [9.17, 15) is 19.1 Å². The summed E-state index contributed by atoms with van der Waals surface area (Å²) in [6, 6.07) is 15.6. The van der Waals surface area contributed by atoms with Gasteiger partial charge in [0.2, 0.25) is 0 Å². The van der Waals surface area contributed by atoms with Crippen LogP contribution < -0.4 is 4.74 Å². The number of hydrogen-bond acceptors (Lipinski definition) is 5. The molecule has 0 bridgehead atoms. The van der Waals surface area contributed by atoms with Gasteiger partial charge in [0.05, 0.1) is 18.2 Å². The van der Waals surface area contributed by atoms with E-state index in [-0.39, 0.29) is 23.7 Å². The van der Waals surface area contributed by atoms with E-state index in [1.165, 1.54) is 28.4 Å². The van der Waals surface area contributed by atoms with Gasteiger partial charge in [-0.1, -0.05) is 44.2 Å². The maximum absolute atomic E-state index is 13.3. The van der Waals surface area contributed by atoms with Crippen molar-refractivity contribution in [2.75, 3.05) is 6.61 Å². The molecule has 1 saturated heterocycles. The highest BCUT2D eigenvalue weighted by molar-refractivity contribution is 7.10. The van der Waals surface area contributed by atoms with Crippen LogP contribution in [0.25, 0.3) is 5.76 Å². The van der Waals surface area contributed by atoms with Gasteiger partial charge in [0.15, 0.2) is 0 Å². The highest BCUT2D eigenvalue weighted by atomic mass is 32.1. The first-order chi connectivity index (χ1) is 15.8. The second kappa shape index (κ2) is 9.58. The Kier molecular flexibility index (Phi) is 6.60. The predicted molar refractivity (Wildman–Crippen MR) is 125 cm³/mol.